The van der Waals surface area contributed by atoms with Gasteiger partial charge in [0, 0.05) is 18.7 Å². The molecule has 29 heavy (non-hydrogen) atoms. The molecule has 2 heterocycles. The van der Waals surface area contributed by atoms with Crippen LogP contribution in [-0.4, -0.2) is 44.6 Å². The fourth-order valence-electron chi connectivity index (χ4n) is 3.57. The molecular weight excluding hydrogens is 376 g/mol. The third-order valence-electron chi connectivity index (χ3n) is 5.05. The van der Waals surface area contributed by atoms with E-state index in [-0.39, 0.29) is 29.5 Å². The summed E-state index contributed by atoms with van der Waals surface area (Å²) < 4.78 is 6.80. The Bertz CT molecular complexity index is 903. The summed E-state index contributed by atoms with van der Waals surface area (Å²) in [4.78, 5) is 38.0. The predicted molar refractivity (Wildman–Crippen MR) is 104 cm³/mol. The number of carbonyl (C=O) groups is 2. The van der Waals surface area contributed by atoms with Gasteiger partial charge in [-0.1, -0.05) is 30.3 Å². The maximum atomic E-state index is 13.0. The molecule has 0 radical (unpaired) electrons. The monoisotopic (exact) mass is 400 g/mol. The van der Waals surface area contributed by atoms with E-state index in [0.717, 1.165) is 19.3 Å². The SMILES string of the molecule is Cc1nn(CC(=O)O[C@H](C(=O)N2CCCCC2)c2ccccc2)c(C)c1[N+](=O)[O-]. The van der Waals surface area contributed by atoms with E-state index in [1.165, 1.54) is 18.5 Å². The van der Waals surface area contributed by atoms with Crippen molar-refractivity contribution in [3.05, 3.63) is 57.4 Å². The highest BCUT2D eigenvalue weighted by molar-refractivity contribution is 5.85. The third kappa shape index (κ3) is 4.61. The van der Waals surface area contributed by atoms with Gasteiger partial charge in [-0.3, -0.25) is 24.4 Å². The molecule has 0 bridgehead atoms. The van der Waals surface area contributed by atoms with Gasteiger partial charge < -0.3 is 9.64 Å². The zero-order chi connectivity index (χ0) is 21.0. The molecule has 1 atom stereocenters. The van der Waals surface area contributed by atoms with Crippen LogP contribution in [0.4, 0.5) is 5.69 Å². The number of nitro groups is 1. The zero-order valence-corrected chi connectivity index (χ0v) is 16.5. The van der Waals surface area contributed by atoms with Crippen molar-refractivity contribution < 1.29 is 19.2 Å². The number of piperidine rings is 1. The number of ether oxygens (including phenoxy) is 1. The standard InChI is InChI=1S/C20H24N4O5/c1-14-18(24(27)28)15(2)23(21-14)13-17(25)29-19(16-9-5-3-6-10-16)20(26)22-11-7-4-8-12-22/h3,5-6,9-10,19H,4,7-8,11-13H2,1-2H3/t19-/m0/s1. The Morgan fingerprint density at radius 1 is 1.17 bits per heavy atom. The molecule has 1 aromatic carbocycles. The lowest BCUT2D eigenvalue weighted by Crippen LogP contribution is -2.40. The van der Waals surface area contributed by atoms with Crippen LogP contribution >= 0.6 is 0 Å². The summed E-state index contributed by atoms with van der Waals surface area (Å²) >= 11 is 0. The quantitative estimate of drug-likeness (QED) is 0.419. The van der Waals surface area contributed by atoms with E-state index in [4.69, 9.17) is 4.74 Å². The number of rotatable bonds is 6. The van der Waals surface area contributed by atoms with Gasteiger partial charge in [0.1, 0.15) is 17.9 Å². The average molecular weight is 400 g/mol. The number of hydrogen-bond donors (Lipinski definition) is 0. The van der Waals surface area contributed by atoms with Crippen molar-refractivity contribution in [2.75, 3.05) is 13.1 Å². The number of nitrogens with zero attached hydrogens (tertiary/aromatic N) is 4. The Balaban J connectivity index is 1.79. The number of amides is 1. The molecular formula is C20H24N4O5. The highest BCUT2D eigenvalue weighted by Crippen LogP contribution is 2.24. The van der Waals surface area contributed by atoms with Crippen molar-refractivity contribution in [1.29, 1.82) is 0 Å². The van der Waals surface area contributed by atoms with Crippen LogP contribution in [0.1, 0.15) is 42.3 Å². The molecule has 1 aliphatic heterocycles. The summed E-state index contributed by atoms with van der Waals surface area (Å²) in [5.41, 5.74) is 0.963. The highest BCUT2D eigenvalue weighted by Gasteiger charge is 2.31. The number of likely N-dealkylation sites (tertiary alicyclic amines) is 1. The first-order valence-electron chi connectivity index (χ1n) is 9.60. The van der Waals surface area contributed by atoms with Gasteiger partial charge in [0.2, 0.25) is 6.10 Å². The first-order valence-corrected chi connectivity index (χ1v) is 9.60. The molecule has 0 saturated carbocycles. The normalized spacial score (nSPS) is 15.0. The van der Waals surface area contributed by atoms with Gasteiger partial charge in [-0.2, -0.15) is 5.10 Å². The number of esters is 1. The van der Waals surface area contributed by atoms with E-state index in [9.17, 15) is 19.7 Å². The van der Waals surface area contributed by atoms with Crippen LogP contribution < -0.4 is 0 Å². The molecule has 0 N–H and O–H groups in total. The fraction of sp³-hybridized carbons (Fsp3) is 0.450. The van der Waals surface area contributed by atoms with Crippen LogP contribution in [0, 0.1) is 24.0 Å². The second-order valence-corrected chi connectivity index (χ2v) is 7.10. The van der Waals surface area contributed by atoms with E-state index in [1.807, 2.05) is 6.07 Å². The minimum Gasteiger partial charge on any atom is -0.446 e. The molecule has 0 unspecified atom stereocenters. The predicted octanol–water partition coefficient (Wildman–Crippen LogP) is 2.71. The maximum Gasteiger partial charge on any atom is 0.328 e. The molecule has 9 heteroatoms. The Kier molecular flexibility index (Phi) is 6.26. The molecule has 0 aliphatic carbocycles. The Hall–Kier alpha value is -3.23. The van der Waals surface area contributed by atoms with Crippen LogP contribution in [0.15, 0.2) is 30.3 Å². The summed E-state index contributed by atoms with van der Waals surface area (Å²) in [6.45, 7) is 4.02. The van der Waals surface area contributed by atoms with Crippen molar-refractivity contribution in [3.8, 4) is 0 Å². The number of aryl methyl sites for hydroxylation is 1. The Morgan fingerprint density at radius 3 is 2.41 bits per heavy atom. The van der Waals surface area contributed by atoms with E-state index < -0.39 is 17.0 Å². The van der Waals surface area contributed by atoms with Gasteiger partial charge >= 0.3 is 11.7 Å². The van der Waals surface area contributed by atoms with Crippen LogP contribution in [0.3, 0.4) is 0 Å². The summed E-state index contributed by atoms with van der Waals surface area (Å²) in [5.74, 6) is -0.923. The summed E-state index contributed by atoms with van der Waals surface area (Å²) in [7, 11) is 0. The van der Waals surface area contributed by atoms with Crippen molar-refractivity contribution in [2.45, 2.75) is 45.8 Å². The van der Waals surface area contributed by atoms with E-state index in [0.29, 0.717) is 18.7 Å². The Morgan fingerprint density at radius 2 is 1.83 bits per heavy atom. The van der Waals surface area contributed by atoms with Gasteiger partial charge in [-0.05, 0) is 33.1 Å². The van der Waals surface area contributed by atoms with Gasteiger partial charge in [0.15, 0.2) is 0 Å². The van der Waals surface area contributed by atoms with Crippen molar-refractivity contribution in [1.82, 2.24) is 14.7 Å². The second-order valence-electron chi connectivity index (χ2n) is 7.10. The van der Waals surface area contributed by atoms with E-state index in [2.05, 4.69) is 5.10 Å². The lowest BCUT2D eigenvalue weighted by atomic mass is 10.1. The maximum absolute atomic E-state index is 13.0. The molecule has 1 aliphatic rings. The van der Waals surface area contributed by atoms with E-state index in [1.54, 1.807) is 29.2 Å². The molecule has 0 spiro atoms. The van der Waals surface area contributed by atoms with Crippen molar-refractivity contribution in [3.63, 3.8) is 0 Å². The van der Waals surface area contributed by atoms with Crippen LogP contribution in [0.2, 0.25) is 0 Å². The average Bonchev–Trinajstić information content (AvgIpc) is 3.00. The van der Waals surface area contributed by atoms with Crippen LogP contribution in [0.25, 0.3) is 0 Å². The van der Waals surface area contributed by atoms with Crippen LogP contribution in [0.5, 0.6) is 0 Å². The lowest BCUT2D eigenvalue weighted by molar-refractivity contribution is -0.386. The molecule has 154 valence electrons. The number of hydrogen-bond acceptors (Lipinski definition) is 6. The summed E-state index contributed by atoms with van der Waals surface area (Å²) in [5, 5.41) is 15.2. The highest BCUT2D eigenvalue weighted by atomic mass is 16.6. The summed E-state index contributed by atoms with van der Waals surface area (Å²) in [6.07, 6.45) is 1.89. The molecule has 1 fully saturated rings. The molecule has 1 aromatic heterocycles. The van der Waals surface area contributed by atoms with Crippen LogP contribution in [-0.2, 0) is 20.9 Å². The summed E-state index contributed by atoms with van der Waals surface area (Å²) in [6, 6.07) is 8.87. The van der Waals surface area contributed by atoms with Gasteiger partial charge in [-0.25, -0.2) is 0 Å². The molecule has 2 aromatic rings. The minimum absolute atomic E-state index is 0.123. The molecule has 3 rings (SSSR count). The number of carbonyl (C=O) groups excluding carboxylic acids is 2. The number of aromatic nitrogens is 2. The van der Waals surface area contributed by atoms with Gasteiger partial charge in [0.05, 0.1) is 4.92 Å². The van der Waals surface area contributed by atoms with Gasteiger partial charge in [-0.15, -0.1) is 0 Å². The first kappa shape index (κ1) is 20.5. The molecule has 9 nitrogen and oxygen atoms in total. The second kappa shape index (κ2) is 8.85. The topological polar surface area (TPSA) is 108 Å². The Labute approximate surface area is 168 Å². The first-order chi connectivity index (χ1) is 13.9. The van der Waals surface area contributed by atoms with Crippen molar-refractivity contribution >= 4 is 17.6 Å². The molecule has 1 amide bonds. The molecule has 1 saturated heterocycles. The van der Waals surface area contributed by atoms with E-state index >= 15 is 0 Å². The largest absolute Gasteiger partial charge is 0.446 e. The number of benzene rings is 1. The zero-order valence-electron chi connectivity index (χ0n) is 16.5. The van der Waals surface area contributed by atoms with Gasteiger partial charge in [0.25, 0.3) is 5.91 Å². The fourth-order valence-corrected chi connectivity index (χ4v) is 3.57. The lowest BCUT2D eigenvalue weighted by Gasteiger charge is -2.30. The third-order valence-corrected chi connectivity index (χ3v) is 5.05. The minimum atomic E-state index is -1.05. The van der Waals surface area contributed by atoms with Crippen molar-refractivity contribution in [2.24, 2.45) is 0 Å². The smallest absolute Gasteiger partial charge is 0.328 e.